The molecule has 0 saturated carbocycles. The Hall–Kier alpha value is -0.850. The summed E-state index contributed by atoms with van der Waals surface area (Å²) in [6.07, 6.45) is 0. The molecular formula is C15H14Cl2IO3+. The van der Waals surface area contributed by atoms with Gasteiger partial charge in [0.2, 0.25) is 0 Å². The fourth-order valence-electron chi connectivity index (χ4n) is 1.74. The molecule has 2 rings (SSSR count). The van der Waals surface area contributed by atoms with Crippen molar-refractivity contribution in [3.63, 3.8) is 0 Å². The summed E-state index contributed by atoms with van der Waals surface area (Å²) in [5.74, 6) is 2.19. The summed E-state index contributed by atoms with van der Waals surface area (Å²) in [4.78, 5) is 0. The first kappa shape index (κ1) is 16.5. The lowest BCUT2D eigenvalue weighted by atomic mass is 10.3. The summed E-state index contributed by atoms with van der Waals surface area (Å²) in [5.41, 5.74) is 0. The molecule has 112 valence electrons. The van der Waals surface area contributed by atoms with Gasteiger partial charge >= 0.3 is 21.2 Å². The SMILES string of the molecule is COc1cc(OC)c([I+]c2cc(Cl)cc(Cl)c2)c(OC)c1. The van der Waals surface area contributed by atoms with Gasteiger partial charge < -0.3 is 14.2 Å². The molecule has 0 bridgehead atoms. The zero-order valence-corrected chi connectivity index (χ0v) is 15.4. The van der Waals surface area contributed by atoms with Gasteiger partial charge in [-0.1, -0.05) is 23.2 Å². The van der Waals surface area contributed by atoms with E-state index in [4.69, 9.17) is 37.4 Å². The van der Waals surface area contributed by atoms with E-state index in [9.17, 15) is 0 Å². The summed E-state index contributed by atoms with van der Waals surface area (Å²) < 4.78 is 18.3. The van der Waals surface area contributed by atoms with Crippen LogP contribution in [0.1, 0.15) is 0 Å². The smallest absolute Gasteiger partial charge is 0.366 e. The number of ether oxygens (including phenoxy) is 3. The van der Waals surface area contributed by atoms with Crippen LogP contribution in [-0.4, -0.2) is 21.3 Å². The van der Waals surface area contributed by atoms with Gasteiger partial charge in [-0.2, -0.15) is 0 Å². The molecule has 6 heteroatoms. The normalized spacial score (nSPS) is 10.3. The highest BCUT2D eigenvalue weighted by Crippen LogP contribution is 2.27. The van der Waals surface area contributed by atoms with Gasteiger partial charge in [0, 0.05) is 34.3 Å². The zero-order chi connectivity index (χ0) is 15.4. The van der Waals surface area contributed by atoms with Crippen molar-refractivity contribution in [3.05, 3.63) is 47.5 Å². The van der Waals surface area contributed by atoms with E-state index in [0.29, 0.717) is 15.8 Å². The van der Waals surface area contributed by atoms with Crippen LogP contribution in [0.2, 0.25) is 10.0 Å². The second-order valence-electron chi connectivity index (χ2n) is 4.03. The first-order chi connectivity index (χ1) is 10.1. The van der Waals surface area contributed by atoms with E-state index in [1.54, 1.807) is 27.4 Å². The van der Waals surface area contributed by atoms with Gasteiger partial charge in [0.05, 0.1) is 21.3 Å². The minimum absolute atomic E-state index is 0.553. The molecule has 0 fully saturated rings. The Balaban J connectivity index is 2.46. The lowest BCUT2D eigenvalue weighted by Crippen LogP contribution is -3.61. The number of hydrogen-bond donors (Lipinski definition) is 0. The predicted molar refractivity (Wildman–Crippen MR) is 80.0 cm³/mol. The fraction of sp³-hybridized carbons (Fsp3) is 0.200. The van der Waals surface area contributed by atoms with Crippen LogP contribution in [0.5, 0.6) is 17.2 Å². The molecule has 0 saturated heterocycles. The second kappa shape index (κ2) is 7.42. The topological polar surface area (TPSA) is 27.7 Å². The third-order valence-electron chi connectivity index (χ3n) is 2.69. The molecule has 0 aromatic heterocycles. The number of hydrogen-bond acceptors (Lipinski definition) is 3. The lowest BCUT2D eigenvalue weighted by Gasteiger charge is -2.08. The molecule has 0 amide bonds. The van der Waals surface area contributed by atoms with Crippen molar-refractivity contribution in [1.82, 2.24) is 0 Å². The van der Waals surface area contributed by atoms with E-state index in [2.05, 4.69) is 0 Å². The molecule has 0 atom stereocenters. The summed E-state index contributed by atoms with van der Waals surface area (Å²) in [7, 11) is 4.87. The van der Waals surface area contributed by atoms with Gasteiger partial charge in [-0.15, -0.1) is 0 Å². The van der Waals surface area contributed by atoms with Gasteiger partial charge in [0.15, 0.2) is 15.1 Å². The molecule has 0 aliphatic rings. The molecule has 0 aliphatic carbocycles. The number of benzene rings is 2. The maximum atomic E-state index is 6.06. The molecule has 21 heavy (non-hydrogen) atoms. The van der Waals surface area contributed by atoms with Crippen LogP contribution in [0.3, 0.4) is 0 Å². The van der Waals surface area contributed by atoms with Gasteiger partial charge in [0.25, 0.3) is 3.57 Å². The van der Waals surface area contributed by atoms with Crippen molar-refractivity contribution < 1.29 is 35.4 Å². The minimum Gasteiger partial charge on any atom is -0.496 e. The Bertz CT molecular complexity index is 602. The van der Waals surface area contributed by atoms with Gasteiger partial charge in [-0.3, -0.25) is 0 Å². The van der Waals surface area contributed by atoms with E-state index in [-0.39, 0.29) is 0 Å². The summed E-state index contributed by atoms with van der Waals surface area (Å²) >= 11 is 11.6. The average Bonchev–Trinajstić information content (AvgIpc) is 2.46. The molecule has 3 nitrogen and oxygen atoms in total. The predicted octanol–water partition coefficient (Wildman–Crippen LogP) is 1.15. The van der Waals surface area contributed by atoms with E-state index >= 15 is 0 Å². The third kappa shape index (κ3) is 4.08. The molecule has 0 N–H and O–H groups in total. The number of rotatable bonds is 5. The Morgan fingerprint density at radius 3 is 1.71 bits per heavy atom. The Kier molecular flexibility index (Phi) is 5.84. The molecule has 0 unspecified atom stereocenters. The largest absolute Gasteiger partial charge is 0.496 e. The van der Waals surface area contributed by atoms with E-state index in [1.165, 1.54) is 0 Å². The lowest BCUT2D eigenvalue weighted by molar-refractivity contribution is -0.598. The molecule has 2 aromatic carbocycles. The molecule has 0 spiro atoms. The Labute approximate surface area is 144 Å². The second-order valence-corrected chi connectivity index (χ2v) is 7.76. The summed E-state index contributed by atoms with van der Waals surface area (Å²) in [6, 6.07) is 9.26. The number of halogens is 3. The van der Waals surface area contributed by atoms with E-state index < -0.39 is 21.2 Å². The molecule has 0 radical (unpaired) electrons. The van der Waals surface area contributed by atoms with E-state index in [0.717, 1.165) is 18.6 Å². The minimum atomic E-state index is -0.553. The van der Waals surface area contributed by atoms with Crippen LogP contribution in [-0.2, 0) is 0 Å². The van der Waals surface area contributed by atoms with Crippen molar-refractivity contribution in [2.75, 3.05) is 21.3 Å². The van der Waals surface area contributed by atoms with Gasteiger partial charge in [-0.25, -0.2) is 0 Å². The highest BCUT2D eigenvalue weighted by molar-refractivity contribution is 6.34. The van der Waals surface area contributed by atoms with Crippen LogP contribution in [0.25, 0.3) is 0 Å². The van der Waals surface area contributed by atoms with Crippen LogP contribution < -0.4 is 35.4 Å². The van der Waals surface area contributed by atoms with Crippen molar-refractivity contribution in [2.24, 2.45) is 0 Å². The van der Waals surface area contributed by atoms with Crippen molar-refractivity contribution in [2.45, 2.75) is 0 Å². The molecular weight excluding hydrogens is 426 g/mol. The Morgan fingerprint density at radius 2 is 1.29 bits per heavy atom. The average molecular weight is 440 g/mol. The van der Waals surface area contributed by atoms with Crippen molar-refractivity contribution >= 4 is 23.2 Å². The zero-order valence-electron chi connectivity index (χ0n) is 11.7. The third-order valence-corrected chi connectivity index (χ3v) is 5.97. The molecule has 0 heterocycles. The molecule has 2 aromatic rings. The Morgan fingerprint density at radius 1 is 0.762 bits per heavy atom. The number of methoxy groups -OCH3 is 3. The highest BCUT2D eigenvalue weighted by Gasteiger charge is 2.28. The van der Waals surface area contributed by atoms with Crippen LogP contribution >= 0.6 is 23.2 Å². The first-order valence-electron chi connectivity index (χ1n) is 5.98. The summed E-state index contributed by atoms with van der Waals surface area (Å²) in [5, 5.41) is 1.26. The monoisotopic (exact) mass is 439 g/mol. The van der Waals surface area contributed by atoms with Crippen molar-refractivity contribution in [1.29, 1.82) is 0 Å². The fourth-order valence-corrected chi connectivity index (χ4v) is 5.52. The highest BCUT2D eigenvalue weighted by atomic mass is 127. The standard InChI is InChI=1S/C15H14Cl2IO3/c1-19-12-7-13(20-2)15(14(8-12)21-3)18-11-5-9(16)4-10(17)6-11/h4-8H,1-3H3/q+1. The van der Waals surface area contributed by atoms with Gasteiger partial charge in [0.1, 0.15) is 5.75 Å². The molecule has 0 aliphatic heterocycles. The van der Waals surface area contributed by atoms with Crippen LogP contribution in [0, 0.1) is 7.14 Å². The van der Waals surface area contributed by atoms with Crippen LogP contribution in [0.4, 0.5) is 0 Å². The maximum Gasteiger partial charge on any atom is 0.366 e. The van der Waals surface area contributed by atoms with Crippen LogP contribution in [0.15, 0.2) is 30.3 Å². The van der Waals surface area contributed by atoms with Crippen molar-refractivity contribution in [3.8, 4) is 17.2 Å². The van der Waals surface area contributed by atoms with E-state index in [1.807, 2.05) is 24.3 Å². The first-order valence-corrected chi connectivity index (χ1v) is 8.89. The quantitative estimate of drug-likeness (QED) is 0.654. The van der Waals surface area contributed by atoms with Gasteiger partial charge in [-0.05, 0) is 6.07 Å². The summed E-state index contributed by atoms with van der Waals surface area (Å²) in [6.45, 7) is 0. The maximum absolute atomic E-state index is 6.06.